The quantitative estimate of drug-likeness (QED) is 0.705. The van der Waals surface area contributed by atoms with Gasteiger partial charge < -0.3 is 12.9 Å². The van der Waals surface area contributed by atoms with Crippen molar-refractivity contribution in [2.24, 2.45) is 0 Å². The first-order chi connectivity index (χ1) is 7.97. The van der Waals surface area contributed by atoms with E-state index in [0.29, 0.717) is 12.6 Å². The van der Waals surface area contributed by atoms with Crippen molar-refractivity contribution in [2.45, 2.75) is 25.4 Å². The molecule has 0 atom stereocenters. The standard InChI is InChI=1S/C11H14BF3NS/c1-9(12(13,14)15)6-16(11-2-3-11)7-10-4-5-17-8-10/h4-5,8,11H,1-3,6-7H2/q-1. The molecular weight excluding hydrogens is 246 g/mol. The minimum Gasteiger partial charge on any atom is -0.445 e. The SMILES string of the molecule is C=C(CN(Cc1ccsc1)C1CC1)[B-](F)(F)F. The van der Waals surface area contributed by atoms with Gasteiger partial charge in [-0.1, -0.05) is 0 Å². The summed E-state index contributed by atoms with van der Waals surface area (Å²) < 4.78 is 37.5. The predicted octanol–water partition coefficient (Wildman–Crippen LogP) is 3.66. The molecule has 0 unspecified atom stereocenters. The van der Waals surface area contributed by atoms with Gasteiger partial charge in [-0.3, -0.25) is 4.90 Å². The Morgan fingerprint density at radius 3 is 2.65 bits per heavy atom. The highest BCUT2D eigenvalue weighted by Gasteiger charge is 2.33. The van der Waals surface area contributed by atoms with E-state index in [-0.39, 0.29) is 6.54 Å². The van der Waals surface area contributed by atoms with Crippen LogP contribution in [0, 0.1) is 0 Å². The van der Waals surface area contributed by atoms with Crippen molar-refractivity contribution in [3.63, 3.8) is 0 Å². The zero-order valence-corrected chi connectivity index (χ0v) is 10.2. The first-order valence-corrected chi connectivity index (χ1v) is 6.54. The molecule has 1 fully saturated rings. The highest BCUT2D eigenvalue weighted by Crippen LogP contribution is 2.31. The molecule has 1 aromatic heterocycles. The highest BCUT2D eigenvalue weighted by atomic mass is 32.1. The van der Waals surface area contributed by atoms with Gasteiger partial charge >= 0.3 is 6.98 Å². The minimum absolute atomic E-state index is 0.0516. The Kier molecular flexibility index (Phi) is 3.63. The van der Waals surface area contributed by atoms with Crippen molar-refractivity contribution in [1.29, 1.82) is 0 Å². The van der Waals surface area contributed by atoms with Crippen LogP contribution in [0.3, 0.4) is 0 Å². The minimum atomic E-state index is -4.91. The Balaban J connectivity index is 1.96. The van der Waals surface area contributed by atoms with Gasteiger partial charge in [-0.2, -0.15) is 11.3 Å². The molecule has 1 aromatic rings. The van der Waals surface area contributed by atoms with Crippen LogP contribution in [0.5, 0.6) is 0 Å². The molecule has 0 aromatic carbocycles. The number of rotatable bonds is 6. The van der Waals surface area contributed by atoms with Gasteiger partial charge in [-0.05, 0) is 41.8 Å². The molecule has 1 nitrogen and oxygen atoms in total. The van der Waals surface area contributed by atoms with E-state index in [1.807, 2.05) is 21.7 Å². The molecule has 0 spiro atoms. The summed E-state index contributed by atoms with van der Waals surface area (Å²) in [6.07, 6.45) is 2.00. The lowest BCUT2D eigenvalue weighted by atomic mass is 9.80. The van der Waals surface area contributed by atoms with Gasteiger partial charge in [-0.15, -0.1) is 12.1 Å². The van der Waals surface area contributed by atoms with Crippen molar-refractivity contribution in [3.8, 4) is 0 Å². The molecule has 94 valence electrons. The molecule has 2 rings (SSSR count). The lowest BCUT2D eigenvalue weighted by Crippen LogP contribution is -2.33. The average molecular weight is 260 g/mol. The van der Waals surface area contributed by atoms with E-state index in [0.717, 1.165) is 18.4 Å². The van der Waals surface area contributed by atoms with Gasteiger partial charge in [0.15, 0.2) is 0 Å². The molecule has 1 aliphatic rings. The summed E-state index contributed by atoms with van der Waals surface area (Å²) >= 11 is 1.57. The van der Waals surface area contributed by atoms with E-state index in [1.165, 1.54) is 0 Å². The van der Waals surface area contributed by atoms with Gasteiger partial charge in [0.1, 0.15) is 0 Å². The van der Waals surface area contributed by atoms with Crippen LogP contribution in [0.4, 0.5) is 12.9 Å². The fourth-order valence-electron chi connectivity index (χ4n) is 1.74. The summed E-state index contributed by atoms with van der Waals surface area (Å²) in [5, 5.41) is 3.93. The van der Waals surface area contributed by atoms with Crippen LogP contribution >= 0.6 is 11.3 Å². The maximum Gasteiger partial charge on any atom is 0.506 e. The molecule has 0 bridgehead atoms. The lowest BCUT2D eigenvalue weighted by Gasteiger charge is -2.27. The van der Waals surface area contributed by atoms with Gasteiger partial charge in [0, 0.05) is 12.6 Å². The summed E-state index contributed by atoms with van der Waals surface area (Å²) in [4.78, 5) is 1.89. The van der Waals surface area contributed by atoms with Crippen LogP contribution < -0.4 is 0 Å². The molecule has 0 saturated heterocycles. The Hall–Kier alpha value is -0.745. The van der Waals surface area contributed by atoms with Crippen LogP contribution in [0.15, 0.2) is 28.9 Å². The fourth-order valence-corrected chi connectivity index (χ4v) is 2.40. The van der Waals surface area contributed by atoms with E-state index in [4.69, 9.17) is 0 Å². The number of hydrogen-bond donors (Lipinski definition) is 0. The smallest absolute Gasteiger partial charge is 0.445 e. The highest BCUT2D eigenvalue weighted by molar-refractivity contribution is 7.07. The second kappa shape index (κ2) is 4.86. The summed E-state index contributed by atoms with van der Waals surface area (Å²) in [6, 6.07) is 2.27. The lowest BCUT2D eigenvalue weighted by molar-refractivity contribution is 0.276. The molecule has 1 saturated carbocycles. The van der Waals surface area contributed by atoms with E-state index in [1.54, 1.807) is 11.3 Å². The Labute approximate surface area is 103 Å². The van der Waals surface area contributed by atoms with Crippen molar-refractivity contribution < 1.29 is 12.9 Å². The van der Waals surface area contributed by atoms with E-state index in [9.17, 15) is 12.9 Å². The van der Waals surface area contributed by atoms with E-state index < -0.39 is 12.4 Å². The van der Waals surface area contributed by atoms with Gasteiger partial charge in [0.05, 0.1) is 0 Å². The van der Waals surface area contributed by atoms with Gasteiger partial charge in [0.25, 0.3) is 0 Å². The van der Waals surface area contributed by atoms with Crippen molar-refractivity contribution in [3.05, 3.63) is 34.4 Å². The summed E-state index contributed by atoms with van der Waals surface area (Å²) in [5.41, 5.74) is 0.497. The van der Waals surface area contributed by atoms with E-state index in [2.05, 4.69) is 6.58 Å². The van der Waals surface area contributed by atoms with Crippen LogP contribution in [0.1, 0.15) is 18.4 Å². The molecule has 0 radical (unpaired) electrons. The number of thiophene rings is 1. The second-order valence-electron chi connectivity index (χ2n) is 4.50. The third-order valence-corrected chi connectivity index (χ3v) is 3.63. The molecular formula is C11H14BF3NS-. The van der Waals surface area contributed by atoms with Crippen molar-refractivity contribution >= 4 is 18.3 Å². The Morgan fingerprint density at radius 1 is 1.47 bits per heavy atom. The average Bonchev–Trinajstić information content (AvgIpc) is 2.95. The monoisotopic (exact) mass is 260 g/mol. The molecule has 0 aliphatic heterocycles. The summed E-state index contributed by atoms with van der Waals surface area (Å²) in [6.45, 7) is -1.19. The number of halogens is 3. The topological polar surface area (TPSA) is 3.24 Å². The molecule has 6 heteroatoms. The van der Waals surface area contributed by atoms with Crippen LogP contribution in [-0.2, 0) is 6.54 Å². The van der Waals surface area contributed by atoms with Crippen molar-refractivity contribution in [1.82, 2.24) is 4.90 Å². The molecule has 0 N–H and O–H groups in total. The Morgan fingerprint density at radius 2 is 2.18 bits per heavy atom. The molecule has 17 heavy (non-hydrogen) atoms. The van der Waals surface area contributed by atoms with Crippen molar-refractivity contribution in [2.75, 3.05) is 6.54 Å². The first kappa shape index (κ1) is 12.7. The van der Waals surface area contributed by atoms with Gasteiger partial charge in [-0.25, -0.2) is 0 Å². The predicted molar refractivity (Wildman–Crippen MR) is 66.0 cm³/mol. The second-order valence-corrected chi connectivity index (χ2v) is 5.28. The number of nitrogens with zero attached hydrogens (tertiary/aromatic N) is 1. The number of hydrogen-bond acceptors (Lipinski definition) is 2. The zero-order chi connectivity index (χ0) is 12.5. The van der Waals surface area contributed by atoms with Crippen LogP contribution in [-0.4, -0.2) is 24.5 Å². The van der Waals surface area contributed by atoms with Gasteiger partial charge in [0.2, 0.25) is 0 Å². The van der Waals surface area contributed by atoms with Crippen LogP contribution in [0.25, 0.3) is 0 Å². The maximum absolute atomic E-state index is 12.5. The fraction of sp³-hybridized carbons (Fsp3) is 0.455. The first-order valence-electron chi connectivity index (χ1n) is 5.59. The molecule has 1 heterocycles. The normalized spacial score (nSPS) is 16.5. The largest absolute Gasteiger partial charge is 0.506 e. The summed E-state index contributed by atoms with van der Waals surface area (Å²) in [5.74, 6) is 0. The molecule has 1 aliphatic carbocycles. The summed E-state index contributed by atoms with van der Waals surface area (Å²) in [7, 11) is 0. The third kappa shape index (κ3) is 3.61. The third-order valence-electron chi connectivity index (χ3n) is 2.90. The van der Waals surface area contributed by atoms with E-state index >= 15 is 0 Å². The Bertz CT molecular complexity index is 384. The zero-order valence-electron chi connectivity index (χ0n) is 9.41. The van der Waals surface area contributed by atoms with Crippen LogP contribution in [0.2, 0.25) is 0 Å². The maximum atomic E-state index is 12.5. The molecule has 0 amide bonds.